The van der Waals surface area contributed by atoms with Crippen LogP contribution in [-0.2, 0) is 5.41 Å². The zero-order valence-electron chi connectivity index (χ0n) is 31.4. The first-order valence-corrected chi connectivity index (χ1v) is 18.7. The molecule has 0 radical (unpaired) electrons. The molecule has 6 aromatic carbocycles. The first-order valence-electron chi connectivity index (χ1n) is 18.7. The molecule has 6 aromatic rings. The van der Waals surface area contributed by atoms with Gasteiger partial charge in [-0.15, -0.1) is 0 Å². The second-order valence-corrected chi connectivity index (χ2v) is 14.6. The first-order chi connectivity index (χ1) is 26.3. The molecule has 2 aliphatic rings. The van der Waals surface area contributed by atoms with Gasteiger partial charge in [-0.25, -0.2) is 4.99 Å². The summed E-state index contributed by atoms with van der Waals surface area (Å²) in [5.74, 6) is 8.56. The van der Waals surface area contributed by atoms with E-state index in [9.17, 15) is 0 Å². The molecule has 0 aromatic heterocycles. The van der Waals surface area contributed by atoms with E-state index in [0.29, 0.717) is 5.84 Å². The molecule has 54 heavy (non-hydrogen) atoms. The van der Waals surface area contributed by atoms with Crippen LogP contribution in [0.4, 0.5) is 34.1 Å². The molecule has 0 saturated carbocycles. The van der Waals surface area contributed by atoms with Gasteiger partial charge < -0.3 is 20.4 Å². The van der Waals surface area contributed by atoms with Crippen LogP contribution in [0.25, 0.3) is 0 Å². The van der Waals surface area contributed by atoms with Crippen LogP contribution < -0.4 is 20.4 Å². The summed E-state index contributed by atoms with van der Waals surface area (Å²) in [5.41, 5.74) is 11.7. The molecule has 2 N–H and O–H groups in total. The Kier molecular flexibility index (Phi) is 9.12. The molecule has 2 atom stereocenters. The predicted molar refractivity (Wildman–Crippen MR) is 225 cm³/mol. The third kappa shape index (κ3) is 6.03. The van der Waals surface area contributed by atoms with E-state index in [4.69, 9.17) is 15.6 Å². The van der Waals surface area contributed by atoms with E-state index < -0.39 is 0 Å². The van der Waals surface area contributed by atoms with Crippen molar-refractivity contribution in [3.8, 4) is 11.5 Å². The van der Waals surface area contributed by atoms with Crippen molar-refractivity contribution < 1.29 is 4.74 Å². The number of benzene rings is 6. The van der Waals surface area contributed by atoms with Crippen molar-refractivity contribution >= 4 is 45.7 Å². The van der Waals surface area contributed by atoms with Gasteiger partial charge in [-0.05, 0) is 102 Å². The van der Waals surface area contributed by atoms with Crippen LogP contribution >= 0.6 is 0 Å². The number of nitrogens with two attached hydrogens (primary N) is 1. The highest BCUT2D eigenvalue weighted by Gasteiger charge is 2.36. The molecule has 0 amide bonds. The van der Waals surface area contributed by atoms with E-state index in [0.717, 1.165) is 51.1 Å². The number of allylic oxidation sites excluding steroid dienone is 2. The molecule has 0 bridgehead atoms. The number of ether oxygens (including phenoxy) is 1. The lowest BCUT2D eigenvalue weighted by Gasteiger charge is -2.42. The molecule has 2 unspecified atom stereocenters. The average molecular weight is 708 g/mol. The number of fused-ring (bicyclic) bond motifs is 4. The van der Waals surface area contributed by atoms with Gasteiger partial charge in [0.05, 0.1) is 28.5 Å². The molecule has 0 spiro atoms. The molecule has 0 fully saturated rings. The lowest BCUT2D eigenvalue weighted by Crippen LogP contribution is -2.30. The number of nitrogens with zero attached hydrogens (tertiary/aromatic N) is 4. The predicted octanol–water partition coefficient (Wildman–Crippen LogP) is 12.3. The second kappa shape index (κ2) is 14.2. The Morgan fingerprint density at radius 2 is 1.06 bits per heavy atom. The Labute approximate surface area is 318 Å². The van der Waals surface area contributed by atoms with E-state index in [2.05, 4.69) is 159 Å². The van der Waals surface area contributed by atoms with Crippen LogP contribution in [-0.4, -0.2) is 11.5 Å². The van der Waals surface area contributed by atoms with Gasteiger partial charge in [-0.3, -0.25) is 0 Å². The Morgan fingerprint density at radius 1 is 0.611 bits per heavy atom. The second-order valence-electron chi connectivity index (χ2n) is 14.6. The molecule has 0 aliphatic carbocycles. The Bertz CT molecular complexity index is 2310. The minimum Gasteiger partial charge on any atom is -0.453 e. The quantitative estimate of drug-likeness (QED) is 0.0589. The largest absolute Gasteiger partial charge is 0.453 e. The zero-order valence-corrected chi connectivity index (χ0v) is 31.4. The summed E-state index contributed by atoms with van der Waals surface area (Å²) in [6, 6.07) is 50.7. The number of anilines is 6. The maximum absolute atomic E-state index is 6.23. The summed E-state index contributed by atoms with van der Waals surface area (Å²) in [6.45, 7) is 11.1. The fraction of sp³-hybridized carbons (Fsp3) is 0.167. The molecule has 2 heterocycles. The molecule has 6 nitrogen and oxygen atoms in total. The van der Waals surface area contributed by atoms with Gasteiger partial charge in [0.25, 0.3) is 0 Å². The summed E-state index contributed by atoms with van der Waals surface area (Å²) in [4.78, 5) is 9.84. The van der Waals surface area contributed by atoms with Gasteiger partial charge >= 0.3 is 0 Å². The minimum absolute atomic E-state index is 0.0849. The van der Waals surface area contributed by atoms with Gasteiger partial charge in [0.1, 0.15) is 0 Å². The van der Waals surface area contributed by atoms with Crippen LogP contribution in [0.1, 0.15) is 56.9 Å². The summed E-state index contributed by atoms with van der Waals surface area (Å²) in [6.07, 6.45) is 4.33. The monoisotopic (exact) mass is 707 g/mol. The van der Waals surface area contributed by atoms with E-state index >= 15 is 0 Å². The highest BCUT2D eigenvalue weighted by Crippen LogP contribution is 2.52. The fourth-order valence-electron chi connectivity index (χ4n) is 7.90. The van der Waals surface area contributed by atoms with E-state index in [1.54, 1.807) is 0 Å². The summed E-state index contributed by atoms with van der Waals surface area (Å²) < 4.78 is 6.23. The number of hydrogen-bond donors (Lipinski definition) is 1. The number of aliphatic imine (C=N–C) groups is 1. The number of amidine groups is 1. The third-order valence-electron chi connectivity index (χ3n) is 10.9. The lowest BCUT2D eigenvalue weighted by atomic mass is 9.73. The van der Waals surface area contributed by atoms with Crippen molar-refractivity contribution in [2.45, 2.75) is 40.0 Å². The van der Waals surface area contributed by atoms with Gasteiger partial charge in [0, 0.05) is 28.3 Å². The summed E-state index contributed by atoms with van der Waals surface area (Å²) in [5, 5.41) is 4.25. The molecular formula is C48H45N5O. The van der Waals surface area contributed by atoms with Crippen molar-refractivity contribution in [1.29, 1.82) is 0 Å². The molecular weight excluding hydrogens is 663 g/mol. The Morgan fingerprint density at radius 3 is 1.56 bits per heavy atom. The van der Waals surface area contributed by atoms with Crippen molar-refractivity contribution in [3.05, 3.63) is 180 Å². The summed E-state index contributed by atoms with van der Waals surface area (Å²) >= 11 is 0. The molecule has 2 aliphatic heterocycles. The molecule has 8 rings (SSSR count). The third-order valence-corrected chi connectivity index (χ3v) is 10.9. The maximum atomic E-state index is 6.23. The fourth-order valence-corrected chi connectivity index (χ4v) is 7.90. The number of hydrazone groups is 1. The average Bonchev–Trinajstić information content (AvgIpc) is 3.21. The normalized spacial score (nSPS) is 15.8. The number of para-hydroxylation sites is 6. The van der Waals surface area contributed by atoms with Crippen LogP contribution in [0.3, 0.4) is 0 Å². The maximum Gasteiger partial charge on any atom is 0.178 e. The molecule has 6 heteroatoms. The number of hydrogen-bond acceptors (Lipinski definition) is 5. The standard InChI is InChI=1S/C48H45N5O/c1-6-15-32(2)33(3)46(34-24-28-36(29-25-34)52-40-18-9-7-16-38(40)48(4,5)39-17-8-10-19-41(39)52)50-47(51-49)35-26-30-37(31-27-35)53-42-20-11-13-22-44(42)54-45-23-14-12-21-43(45)53/h6-33H,49H2,1-5H3/b15-6-,50-46?,51-47-. The SMILES string of the molecule is C/C=C\C(C)C(C)C(=N/C(=N\N)c1ccc(N2c3ccccc3Oc3ccccc32)cc1)c1ccc(N2c3ccccc3C(C)(C)c3ccccc32)cc1. The van der Waals surface area contributed by atoms with Crippen LogP contribution in [0.15, 0.2) is 168 Å². The van der Waals surface area contributed by atoms with Crippen molar-refractivity contribution in [2.75, 3.05) is 9.80 Å². The van der Waals surface area contributed by atoms with Crippen molar-refractivity contribution in [1.82, 2.24) is 0 Å². The molecule has 268 valence electrons. The van der Waals surface area contributed by atoms with Crippen LogP contribution in [0, 0.1) is 11.8 Å². The van der Waals surface area contributed by atoms with Crippen LogP contribution in [0.2, 0.25) is 0 Å². The Balaban J connectivity index is 1.16. The minimum atomic E-state index is -0.116. The van der Waals surface area contributed by atoms with Gasteiger partial charge in [-0.2, -0.15) is 5.10 Å². The molecule has 0 saturated heterocycles. The van der Waals surface area contributed by atoms with E-state index in [-0.39, 0.29) is 17.3 Å². The first kappa shape index (κ1) is 34.7. The highest BCUT2D eigenvalue weighted by atomic mass is 16.5. The van der Waals surface area contributed by atoms with Crippen molar-refractivity contribution in [2.24, 2.45) is 27.8 Å². The number of rotatable bonds is 7. The zero-order chi connectivity index (χ0) is 37.4. The van der Waals surface area contributed by atoms with E-state index in [1.807, 2.05) is 48.5 Å². The van der Waals surface area contributed by atoms with Crippen LogP contribution in [0.5, 0.6) is 11.5 Å². The Hall–Kier alpha value is -6.40. The van der Waals surface area contributed by atoms with Crippen molar-refractivity contribution in [3.63, 3.8) is 0 Å². The highest BCUT2D eigenvalue weighted by molar-refractivity contribution is 6.13. The van der Waals surface area contributed by atoms with Gasteiger partial charge in [0.15, 0.2) is 17.3 Å². The smallest absolute Gasteiger partial charge is 0.178 e. The van der Waals surface area contributed by atoms with Gasteiger partial charge in [0.2, 0.25) is 0 Å². The van der Waals surface area contributed by atoms with Gasteiger partial charge in [-0.1, -0.05) is 113 Å². The lowest BCUT2D eigenvalue weighted by molar-refractivity contribution is 0.477. The summed E-state index contributed by atoms with van der Waals surface area (Å²) in [7, 11) is 0. The topological polar surface area (TPSA) is 66.4 Å². The van der Waals surface area contributed by atoms with E-state index in [1.165, 1.54) is 22.5 Å².